The van der Waals surface area contributed by atoms with Gasteiger partial charge in [0.15, 0.2) is 0 Å². The highest BCUT2D eigenvalue weighted by molar-refractivity contribution is 7.89. The Morgan fingerprint density at radius 3 is 2.40 bits per heavy atom. The van der Waals surface area contributed by atoms with Gasteiger partial charge in [-0.15, -0.1) is 0 Å². The predicted molar refractivity (Wildman–Crippen MR) is 62.3 cm³/mol. The third-order valence-corrected chi connectivity index (χ3v) is 4.97. The van der Waals surface area contributed by atoms with E-state index in [-0.39, 0.29) is 0 Å². The summed E-state index contributed by atoms with van der Waals surface area (Å²) >= 11 is 0. The molecule has 0 aromatic carbocycles. The minimum absolute atomic E-state index is 0.313. The summed E-state index contributed by atoms with van der Waals surface area (Å²) in [6.07, 6.45) is 3.57. The normalized spacial score (nSPS) is 20.7. The summed E-state index contributed by atoms with van der Waals surface area (Å²) in [6.45, 7) is 3.37. The molecule has 15 heavy (non-hydrogen) atoms. The lowest BCUT2D eigenvalue weighted by molar-refractivity contribution is 0.298. The topological polar surface area (TPSA) is 49.4 Å². The van der Waals surface area contributed by atoms with Crippen LogP contribution in [0.4, 0.5) is 0 Å². The fraction of sp³-hybridized carbons (Fsp3) is 1.00. The van der Waals surface area contributed by atoms with Crippen molar-refractivity contribution < 1.29 is 8.42 Å². The standard InChI is InChI=1S/C10H22N2O2S/c1-3-4-9-15(13,14)12-7-5-10(11-2)6-8-12/h10-11H,3-9H2,1-2H3. The van der Waals surface area contributed by atoms with Gasteiger partial charge < -0.3 is 5.32 Å². The van der Waals surface area contributed by atoms with E-state index in [9.17, 15) is 8.42 Å². The molecule has 0 atom stereocenters. The van der Waals surface area contributed by atoms with Gasteiger partial charge in [0.25, 0.3) is 0 Å². The molecule has 1 saturated heterocycles. The van der Waals surface area contributed by atoms with Crippen LogP contribution in [0.5, 0.6) is 0 Å². The van der Waals surface area contributed by atoms with E-state index in [0.717, 1.165) is 25.7 Å². The fourth-order valence-corrected chi connectivity index (χ4v) is 3.56. The summed E-state index contributed by atoms with van der Waals surface area (Å²) in [7, 11) is -1.04. The Balaban J connectivity index is 2.45. The van der Waals surface area contributed by atoms with Crippen LogP contribution in [0.1, 0.15) is 32.6 Å². The number of nitrogens with one attached hydrogen (secondary N) is 1. The summed E-state index contributed by atoms with van der Waals surface area (Å²) < 4.78 is 25.3. The average molecular weight is 234 g/mol. The van der Waals surface area contributed by atoms with Crippen molar-refractivity contribution in [1.29, 1.82) is 0 Å². The Morgan fingerprint density at radius 2 is 1.93 bits per heavy atom. The van der Waals surface area contributed by atoms with Crippen molar-refractivity contribution in [2.24, 2.45) is 0 Å². The summed E-state index contributed by atoms with van der Waals surface area (Å²) in [5, 5.41) is 3.20. The number of hydrogen-bond donors (Lipinski definition) is 1. The monoisotopic (exact) mass is 234 g/mol. The molecular formula is C10H22N2O2S. The molecule has 5 heteroatoms. The lowest BCUT2D eigenvalue weighted by atomic mass is 10.1. The zero-order valence-corrected chi connectivity index (χ0v) is 10.5. The maximum Gasteiger partial charge on any atom is 0.214 e. The van der Waals surface area contributed by atoms with Crippen LogP contribution in [-0.4, -0.2) is 44.7 Å². The van der Waals surface area contributed by atoms with Crippen molar-refractivity contribution in [3.8, 4) is 0 Å². The smallest absolute Gasteiger partial charge is 0.214 e. The van der Waals surface area contributed by atoms with Gasteiger partial charge in [0.1, 0.15) is 0 Å². The van der Waals surface area contributed by atoms with Gasteiger partial charge in [-0.25, -0.2) is 12.7 Å². The van der Waals surface area contributed by atoms with E-state index in [1.165, 1.54) is 0 Å². The molecular weight excluding hydrogens is 212 g/mol. The Kier molecular flexibility index (Phi) is 5.02. The van der Waals surface area contributed by atoms with Gasteiger partial charge in [-0.05, 0) is 26.3 Å². The summed E-state index contributed by atoms with van der Waals surface area (Å²) in [6, 6.07) is 0.489. The van der Waals surface area contributed by atoms with Crippen LogP contribution >= 0.6 is 0 Å². The first-order valence-corrected chi connectivity index (χ1v) is 7.36. The van der Waals surface area contributed by atoms with Crippen LogP contribution in [0.2, 0.25) is 0 Å². The zero-order chi connectivity index (χ0) is 11.3. The van der Waals surface area contributed by atoms with E-state index < -0.39 is 10.0 Å². The molecule has 0 spiro atoms. The third-order valence-electron chi connectivity index (χ3n) is 3.01. The fourth-order valence-electron chi connectivity index (χ4n) is 1.88. The number of sulfonamides is 1. The molecule has 1 N–H and O–H groups in total. The molecule has 1 aliphatic heterocycles. The van der Waals surface area contributed by atoms with Crippen LogP contribution in [-0.2, 0) is 10.0 Å². The Morgan fingerprint density at radius 1 is 1.33 bits per heavy atom. The summed E-state index contributed by atoms with van der Waals surface area (Å²) in [5.41, 5.74) is 0. The second-order valence-electron chi connectivity index (χ2n) is 4.13. The Hall–Kier alpha value is -0.130. The lowest BCUT2D eigenvalue weighted by Gasteiger charge is -2.30. The Bertz CT molecular complexity index is 269. The predicted octanol–water partition coefficient (Wildman–Crippen LogP) is 0.800. The summed E-state index contributed by atoms with van der Waals surface area (Å²) in [4.78, 5) is 0. The molecule has 0 bridgehead atoms. The molecule has 0 saturated carbocycles. The molecule has 0 amide bonds. The molecule has 0 unspecified atom stereocenters. The minimum Gasteiger partial charge on any atom is -0.317 e. The maximum atomic E-state index is 11.8. The van der Waals surface area contributed by atoms with E-state index in [4.69, 9.17) is 0 Å². The molecule has 1 heterocycles. The molecule has 0 radical (unpaired) electrons. The van der Waals surface area contributed by atoms with Crippen LogP contribution in [0, 0.1) is 0 Å². The van der Waals surface area contributed by atoms with Gasteiger partial charge in [-0.1, -0.05) is 13.3 Å². The SMILES string of the molecule is CCCCS(=O)(=O)N1CCC(NC)CC1. The highest BCUT2D eigenvalue weighted by Gasteiger charge is 2.26. The zero-order valence-electron chi connectivity index (χ0n) is 9.70. The highest BCUT2D eigenvalue weighted by atomic mass is 32.2. The first-order chi connectivity index (χ1) is 7.10. The number of hydrogen-bond acceptors (Lipinski definition) is 3. The molecule has 0 aliphatic carbocycles. The van der Waals surface area contributed by atoms with Crippen LogP contribution in [0.3, 0.4) is 0 Å². The minimum atomic E-state index is -2.97. The molecule has 1 aliphatic rings. The van der Waals surface area contributed by atoms with E-state index in [1.807, 2.05) is 14.0 Å². The molecule has 90 valence electrons. The number of rotatable bonds is 5. The van der Waals surface area contributed by atoms with Gasteiger partial charge in [-0.2, -0.15) is 0 Å². The van der Waals surface area contributed by atoms with Crippen molar-refractivity contribution in [3.63, 3.8) is 0 Å². The van der Waals surface area contributed by atoms with Crippen molar-refractivity contribution in [1.82, 2.24) is 9.62 Å². The molecule has 4 nitrogen and oxygen atoms in total. The van der Waals surface area contributed by atoms with Gasteiger partial charge >= 0.3 is 0 Å². The van der Waals surface area contributed by atoms with E-state index >= 15 is 0 Å². The van der Waals surface area contributed by atoms with Crippen LogP contribution in [0.25, 0.3) is 0 Å². The van der Waals surface area contributed by atoms with E-state index in [2.05, 4.69) is 5.32 Å². The van der Waals surface area contributed by atoms with Crippen molar-refractivity contribution >= 4 is 10.0 Å². The first-order valence-electron chi connectivity index (χ1n) is 5.75. The second-order valence-corrected chi connectivity index (χ2v) is 6.22. The van der Waals surface area contributed by atoms with Crippen LogP contribution < -0.4 is 5.32 Å². The van der Waals surface area contributed by atoms with Gasteiger partial charge in [-0.3, -0.25) is 0 Å². The molecule has 1 fully saturated rings. The number of piperidine rings is 1. The largest absolute Gasteiger partial charge is 0.317 e. The average Bonchev–Trinajstić information content (AvgIpc) is 2.26. The number of nitrogens with zero attached hydrogens (tertiary/aromatic N) is 1. The van der Waals surface area contributed by atoms with Gasteiger partial charge in [0.2, 0.25) is 10.0 Å². The van der Waals surface area contributed by atoms with Crippen molar-refractivity contribution in [2.75, 3.05) is 25.9 Å². The molecule has 0 aromatic heterocycles. The molecule has 0 aromatic rings. The van der Waals surface area contributed by atoms with Gasteiger partial charge in [0, 0.05) is 19.1 Å². The Labute approximate surface area is 93.1 Å². The van der Waals surface area contributed by atoms with Crippen molar-refractivity contribution in [3.05, 3.63) is 0 Å². The number of unbranched alkanes of at least 4 members (excludes halogenated alkanes) is 1. The summed E-state index contributed by atoms with van der Waals surface area (Å²) in [5.74, 6) is 0.313. The van der Waals surface area contributed by atoms with Gasteiger partial charge in [0.05, 0.1) is 5.75 Å². The lowest BCUT2D eigenvalue weighted by Crippen LogP contribution is -2.44. The molecule has 1 rings (SSSR count). The quantitative estimate of drug-likeness (QED) is 0.765. The maximum absolute atomic E-state index is 11.8. The first kappa shape index (κ1) is 12.9. The van der Waals surface area contributed by atoms with E-state index in [1.54, 1.807) is 4.31 Å². The highest BCUT2D eigenvalue weighted by Crippen LogP contribution is 2.14. The second kappa shape index (κ2) is 5.82. The van der Waals surface area contributed by atoms with Crippen molar-refractivity contribution in [2.45, 2.75) is 38.6 Å². The van der Waals surface area contributed by atoms with Crippen LogP contribution in [0.15, 0.2) is 0 Å². The third kappa shape index (κ3) is 3.74. The van der Waals surface area contributed by atoms with E-state index in [0.29, 0.717) is 24.9 Å².